The smallest absolute Gasteiger partial charge is 0.354 e. The summed E-state index contributed by atoms with van der Waals surface area (Å²) in [7, 11) is 0. The van der Waals surface area contributed by atoms with E-state index < -0.39 is 10.8 Å². The molecule has 11 nitrogen and oxygen atoms in total. The Bertz CT molecular complexity index is 859. The highest BCUT2D eigenvalue weighted by Gasteiger charge is 2.23. The molecule has 1 saturated heterocycles. The van der Waals surface area contributed by atoms with Gasteiger partial charge in [-0.05, 0) is 24.3 Å². The summed E-state index contributed by atoms with van der Waals surface area (Å²) in [5.74, 6) is -0.477. The molecular weight excluding hydrogens is 446 g/mol. The van der Waals surface area contributed by atoms with Gasteiger partial charge in [0.1, 0.15) is 6.33 Å². The Morgan fingerprint density at radius 3 is 2.59 bits per heavy atom. The van der Waals surface area contributed by atoms with Crippen molar-refractivity contribution in [2.75, 3.05) is 50.1 Å². The maximum absolute atomic E-state index is 12.2. The lowest BCUT2D eigenvalue weighted by atomic mass is 10.2. The van der Waals surface area contributed by atoms with Gasteiger partial charge in [-0.2, -0.15) is 0 Å². The molecule has 0 bridgehead atoms. The molecule has 29 heavy (non-hydrogen) atoms. The minimum Gasteiger partial charge on any atom is -0.379 e. The van der Waals surface area contributed by atoms with Gasteiger partial charge in [0.05, 0.1) is 18.1 Å². The summed E-state index contributed by atoms with van der Waals surface area (Å²) >= 11 is 3.29. The number of nitrogens with one attached hydrogen (secondary N) is 3. The summed E-state index contributed by atoms with van der Waals surface area (Å²) in [4.78, 5) is 33.2. The van der Waals surface area contributed by atoms with E-state index in [-0.39, 0.29) is 17.3 Å². The van der Waals surface area contributed by atoms with Gasteiger partial charge in [0.15, 0.2) is 0 Å². The number of ether oxygens (including phenoxy) is 1. The maximum atomic E-state index is 12.2. The molecular formula is C17H20BrN7O4. The zero-order valence-corrected chi connectivity index (χ0v) is 17.0. The first kappa shape index (κ1) is 20.9. The number of rotatable bonds is 8. The highest BCUT2D eigenvalue weighted by atomic mass is 79.9. The van der Waals surface area contributed by atoms with Crippen LogP contribution >= 0.6 is 15.9 Å². The fourth-order valence-electron chi connectivity index (χ4n) is 2.72. The first-order valence-electron chi connectivity index (χ1n) is 8.90. The molecule has 1 aliphatic heterocycles. The van der Waals surface area contributed by atoms with Crippen LogP contribution < -0.4 is 16.2 Å². The Hall–Kier alpha value is -2.83. The van der Waals surface area contributed by atoms with Crippen LogP contribution in [0.1, 0.15) is 10.4 Å². The number of carbonyl (C=O) groups excluding carboxylic acids is 1. The summed E-state index contributed by atoms with van der Waals surface area (Å²) in [5, 5.41) is 14.5. The van der Waals surface area contributed by atoms with Crippen LogP contribution in [0.4, 0.5) is 17.3 Å². The molecule has 1 aromatic heterocycles. The maximum Gasteiger partial charge on any atom is 0.354 e. The molecule has 2 aromatic rings. The van der Waals surface area contributed by atoms with E-state index in [2.05, 4.69) is 47.0 Å². The molecule has 0 spiro atoms. The van der Waals surface area contributed by atoms with Crippen LogP contribution in [0, 0.1) is 10.1 Å². The predicted octanol–water partition coefficient (Wildman–Crippen LogP) is 1.65. The minimum atomic E-state index is -0.592. The van der Waals surface area contributed by atoms with Crippen molar-refractivity contribution >= 4 is 39.2 Å². The van der Waals surface area contributed by atoms with E-state index in [0.717, 1.165) is 17.6 Å². The Morgan fingerprint density at radius 2 is 1.90 bits per heavy atom. The normalized spacial score (nSPS) is 14.2. The molecule has 0 atom stereocenters. The molecule has 1 fully saturated rings. The summed E-state index contributed by atoms with van der Waals surface area (Å²) in [6.45, 7) is 4.18. The molecule has 0 unspecified atom stereocenters. The monoisotopic (exact) mass is 465 g/mol. The van der Waals surface area contributed by atoms with Crippen molar-refractivity contribution in [3.05, 3.63) is 50.7 Å². The second kappa shape index (κ2) is 10.1. The number of benzene rings is 1. The molecule has 1 amide bonds. The van der Waals surface area contributed by atoms with Crippen molar-refractivity contribution in [1.29, 1.82) is 0 Å². The van der Waals surface area contributed by atoms with E-state index in [1.54, 1.807) is 24.3 Å². The Balaban J connectivity index is 1.63. The fourth-order valence-corrected chi connectivity index (χ4v) is 2.98. The zero-order valence-electron chi connectivity index (χ0n) is 15.4. The third-order valence-electron chi connectivity index (χ3n) is 4.23. The van der Waals surface area contributed by atoms with Gasteiger partial charge in [-0.3, -0.25) is 30.7 Å². The van der Waals surface area contributed by atoms with Crippen LogP contribution in [0.25, 0.3) is 0 Å². The molecule has 12 heteroatoms. The molecule has 0 radical (unpaired) electrons. The summed E-state index contributed by atoms with van der Waals surface area (Å²) < 4.78 is 6.13. The van der Waals surface area contributed by atoms with Crippen molar-refractivity contribution in [2.45, 2.75) is 0 Å². The molecule has 0 saturated carbocycles. The number of hydrogen-bond acceptors (Lipinski definition) is 9. The second-order valence-corrected chi connectivity index (χ2v) is 7.06. The standard InChI is InChI=1S/C17H20BrN7O4/c18-13-3-1-12(2-4-13)17(26)23-22-16-14(25(27)28)15(20-11-21-16)19-5-6-24-7-9-29-10-8-24/h1-4,11H,5-10H2,(H,23,26)(H2,19,20,21,22). The van der Waals surface area contributed by atoms with Gasteiger partial charge >= 0.3 is 5.69 Å². The SMILES string of the molecule is O=C(NNc1ncnc(NCCN2CCOCC2)c1[N+](=O)[O-])c1ccc(Br)cc1. The van der Waals surface area contributed by atoms with Gasteiger partial charge in [0.2, 0.25) is 11.6 Å². The average molecular weight is 466 g/mol. The lowest BCUT2D eigenvalue weighted by Crippen LogP contribution is -2.39. The van der Waals surface area contributed by atoms with E-state index in [1.165, 1.54) is 6.33 Å². The van der Waals surface area contributed by atoms with Crippen molar-refractivity contribution in [3.63, 3.8) is 0 Å². The van der Waals surface area contributed by atoms with E-state index in [0.29, 0.717) is 31.9 Å². The molecule has 2 heterocycles. The third kappa shape index (κ3) is 5.82. The van der Waals surface area contributed by atoms with Crippen molar-refractivity contribution < 1.29 is 14.5 Å². The number of nitrogens with zero attached hydrogens (tertiary/aromatic N) is 4. The Morgan fingerprint density at radius 1 is 1.21 bits per heavy atom. The quantitative estimate of drug-likeness (QED) is 0.392. The lowest BCUT2D eigenvalue weighted by molar-refractivity contribution is -0.383. The van der Waals surface area contributed by atoms with Crippen LogP contribution in [-0.2, 0) is 4.74 Å². The van der Waals surface area contributed by atoms with Gasteiger partial charge in [0, 0.05) is 36.2 Å². The number of hydrogen-bond donors (Lipinski definition) is 3. The zero-order chi connectivity index (χ0) is 20.6. The molecule has 3 N–H and O–H groups in total. The summed E-state index contributed by atoms with van der Waals surface area (Å²) in [5.41, 5.74) is 4.98. The van der Waals surface area contributed by atoms with Crippen LogP contribution in [0.2, 0.25) is 0 Å². The first-order chi connectivity index (χ1) is 14.0. The number of halogens is 1. The predicted molar refractivity (Wildman–Crippen MR) is 110 cm³/mol. The largest absolute Gasteiger partial charge is 0.379 e. The van der Waals surface area contributed by atoms with Gasteiger partial charge in [-0.25, -0.2) is 9.97 Å². The highest BCUT2D eigenvalue weighted by Crippen LogP contribution is 2.28. The number of carbonyl (C=O) groups is 1. The highest BCUT2D eigenvalue weighted by molar-refractivity contribution is 9.10. The van der Waals surface area contributed by atoms with Crippen LogP contribution in [0.5, 0.6) is 0 Å². The number of morpholine rings is 1. The number of aromatic nitrogens is 2. The fraction of sp³-hybridized carbons (Fsp3) is 0.353. The van der Waals surface area contributed by atoms with Crippen LogP contribution in [0.3, 0.4) is 0 Å². The number of amides is 1. The van der Waals surface area contributed by atoms with E-state index in [4.69, 9.17) is 4.74 Å². The van der Waals surface area contributed by atoms with Gasteiger partial charge < -0.3 is 10.1 Å². The Labute approximate surface area is 175 Å². The molecule has 1 aromatic carbocycles. The van der Waals surface area contributed by atoms with Gasteiger partial charge in [-0.15, -0.1) is 0 Å². The number of anilines is 2. The van der Waals surface area contributed by atoms with Crippen LogP contribution in [0.15, 0.2) is 35.1 Å². The molecule has 154 valence electrons. The Kier molecular flexibility index (Phi) is 7.27. The topological polar surface area (TPSA) is 135 Å². The van der Waals surface area contributed by atoms with Crippen LogP contribution in [-0.4, -0.2) is 65.1 Å². The van der Waals surface area contributed by atoms with Crippen molar-refractivity contribution in [3.8, 4) is 0 Å². The van der Waals surface area contributed by atoms with Crippen molar-refractivity contribution in [1.82, 2.24) is 20.3 Å². The molecule has 0 aliphatic carbocycles. The summed E-state index contributed by atoms with van der Waals surface area (Å²) in [6.07, 6.45) is 1.19. The average Bonchev–Trinajstić information content (AvgIpc) is 2.73. The van der Waals surface area contributed by atoms with Crippen molar-refractivity contribution in [2.24, 2.45) is 0 Å². The number of hydrazine groups is 1. The van der Waals surface area contributed by atoms with E-state index >= 15 is 0 Å². The van der Waals surface area contributed by atoms with E-state index in [1.807, 2.05) is 0 Å². The van der Waals surface area contributed by atoms with Gasteiger partial charge in [-0.1, -0.05) is 15.9 Å². The molecule has 3 rings (SSSR count). The third-order valence-corrected chi connectivity index (χ3v) is 4.76. The van der Waals surface area contributed by atoms with E-state index in [9.17, 15) is 14.9 Å². The second-order valence-electron chi connectivity index (χ2n) is 6.14. The number of nitro groups is 1. The van der Waals surface area contributed by atoms with Gasteiger partial charge in [0.25, 0.3) is 5.91 Å². The summed E-state index contributed by atoms with van der Waals surface area (Å²) in [6, 6.07) is 6.68. The molecule has 1 aliphatic rings. The minimum absolute atomic E-state index is 0.0821. The first-order valence-corrected chi connectivity index (χ1v) is 9.69. The lowest BCUT2D eigenvalue weighted by Gasteiger charge is -2.26.